The van der Waals surface area contributed by atoms with Gasteiger partial charge < -0.3 is 24.3 Å². The molecule has 24 heavy (non-hydrogen) atoms. The summed E-state index contributed by atoms with van der Waals surface area (Å²) in [6.07, 6.45) is -4.43. The van der Waals surface area contributed by atoms with Gasteiger partial charge in [-0.05, 0) is 6.92 Å². The third-order valence-electron chi connectivity index (χ3n) is 4.33. The number of pyridine rings is 1. The van der Waals surface area contributed by atoms with E-state index in [1.54, 1.807) is 6.07 Å². The van der Waals surface area contributed by atoms with Crippen molar-refractivity contribution in [3.05, 3.63) is 22.5 Å². The van der Waals surface area contributed by atoms with Gasteiger partial charge in [-0.3, -0.25) is 4.79 Å². The fraction of sp³-hybridized carbons (Fsp3) is 0.667. The number of rotatable bonds is 2. The van der Waals surface area contributed by atoms with Crippen LogP contribution in [0.2, 0.25) is 0 Å². The number of nitrogens with one attached hydrogen (secondary N) is 1. The van der Waals surface area contributed by atoms with Gasteiger partial charge in [0, 0.05) is 37.0 Å². The number of ether oxygens (including phenoxy) is 2. The van der Waals surface area contributed by atoms with Crippen molar-refractivity contribution >= 4 is 11.5 Å². The van der Waals surface area contributed by atoms with E-state index < -0.39 is 24.4 Å². The van der Waals surface area contributed by atoms with Gasteiger partial charge in [0.05, 0.1) is 26.4 Å². The maximum absolute atomic E-state index is 13.3. The molecule has 1 aromatic heterocycles. The highest BCUT2D eigenvalue weighted by molar-refractivity contribution is 5.56. The lowest BCUT2D eigenvalue weighted by Crippen LogP contribution is -2.54. The summed E-state index contributed by atoms with van der Waals surface area (Å²) in [7, 11) is 0. The lowest BCUT2D eigenvalue weighted by atomic mass is 10.2. The summed E-state index contributed by atoms with van der Waals surface area (Å²) in [5.74, 6) is 0.168. The highest BCUT2D eigenvalue weighted by Crippen LogP contribution is 2.31. The molecule has 0 spiro atoms. The molecule has 3 rings (SSSR count). The van der Waals surface area contributed by atoms with Crippen molar-refractivity contribution in [2.45, 2.75) is 25.2 Å². The van der Waals surface area contributed by atoms with Crippen LogP contribution >= 0.6 is 0 Å². The van der Waals surface area contributed by atoms with Crippen LogP contribution in [0.5, 0.6) is 0 Å². The lowest BCUT2D eigenvalue weighted by Gasteiger charge is -2.39. The van der Waals surface area contributed by atoms with Crippen LogP contribution in [-0.4, -0.2) is 62.8 Å². The summed E-state index contributed by atoms with van der Waals surface area (Å²) in [5, 5.41) is 0. The molecule has 0 radical (unpaired) electrons. The van der Waals surface area contributed by atoms with Gasteiger partial charge >= 0.3 is 6.18 Å². The Hall–Kier alpha value is -1.74. The zero-order valence-electron chi connectivity index (χ0n) is 13.3. The Kier molecular flexibility index (Phi) is 4.73. The third-order valence-corrected chi connectivity index (χ3v) is 4.33. The van der Waals surface area contributed by atoms with Crippen LogP contribution in [0.25, 0.3) is 0 Å². The van der Waals surface area contributed by atoms with E-state index in [-0.39, 0.29) is 25.0 Å². The van der Waals surface area contributed by atoms with Crippen LogP contribution < -0.4 is 15.4 Å². The van der Waals surface area contributed by atoms with Crippen LogP contribution in [-0.2, 0) is 9.47 Å². The largest absolute Gasteiger partial charge is 0.411 e. The SMILES string of the molecule is CC1COCCN1c1cc(N2CCOCC2C(F)(F)F)[nH]c(=O)c1. The quantitative estimate of drug-likeness (QED) is 0.876. The van der Waals surface area contributed by atoms with E-state index in [1.807, 2.05) is 11.8 Å². The normalized spacial score (nSPS) is 25.8. The Morgan fingerprint density at radius 1 is 1.12 bits per heavy atom. The molecule has 9 heteroatoms. The minimum Gasteiger partial charge on any atom is -0.377 e. The molecule has 1 aromatic rings. The van der Waals surface area contributed by atoms with E-state index in [0.717, 1.165) is 0 Å². The first-order valence-corrected chi connectivity index (χ1v) is 7.86. The number of aromatic amines is 1. The van der Waals surface area contributed by atoms with E-state index in [1.165, 1.54) is 11.0 Å². The molecule has 0 aliphatic carbocycles. The molecule has 2 aliphatic rings. The maximum Gasteiger partial charge on any atom is 0.411 e. The van der Waals surface area contributed by atoms with Gasteiger partial charge in [0.1, 0.15) is 11.9 Å². The predicted octanol–water partition coefficient (Wildman–Crippen LogP) is 1.37. The van der Waals surface area contributed by atoms with Gasteiger partial charge in [0.25, 0.3) is 5.56 Å². The van der Waals surface area contributed by atoms with Crippen LogP contribution in [0.4, 0.5) is 24.7 Å². The summed E-state index contributed by atoms with van der Waals surface area (Å²) >= 11 is 0. The van der Waals surface area contributed by atoms with Crippen molar-refractivity contribution < 1.29 is 22.6 Å². The standard InChI is InChI=1S/C15H20F3N3O3/c1-10-8-23-4-2-20(10)11-6-13(19-14(22)7-11)21-3-5-24-9-12(21)15(16,17)18/h6-7,10,12H,2-5,8-9H2,1H3,(H,19,22). The predicted molar refractivity (Wildman–Crippen MR) is 82.7 cm³/mol. The van der Waals surface area contributed by atoms with Crippen molar-refractivity contribution in [1.29, 1.82) is 0 Å². The van der Waals surface area contributed by atoms with Crippen molar-refractivity contribution in [3.8, 4) is 0 Å². The molecule has 1 N–H and O–H groups in total. The molecular weight excluding hydrogens is 327 g/mol. The number of anilines is 2. The second-order valence-corrected chi connectivity index (χ2v) is 6.03. The summed E-state index contributed by atoms with van der Waals surface area (Å²) in [6.45, 7) is 3.40. The van der Waals surface area contributed by atoms with Crippen molar-refractivity contribution in [3.63, 3.8) is 0 Å². The molecule has 2 unspecified atom stereocenters. The topological polar surface area (TPSA) is 57.8 Å². The van der Waals surface area contributed by atoms with E-state index in [9.17, 15) is 18.0 Å². The fourth-order valence-corrected chi connectivity index (χ4v) is 3.11. The average Bonchev–Trinajstić information content (AvgIpc) is 2.54. The highest BCUT2D eigenvalue weighted by atomic mass is 19.4. The zero-order valence-corrected chi connectivity index (χ0v) is 13.3. The number of alkyl halides is 3. The van der Waals surface area contributed by atoms with Crippen molar-refractivity contribution in [2.24, 2.45) is 0 Å². The number of H-pyrrole nitrogens is 1. The first-order valence-electron chi connectivity index (χ1n) is 7.86. The molecular formula is C15H20F3N3O3. The van der Waals surface area contributed by atoms with Gasteiger partial charge in [-0.2, -0.15) is 13.2 Å². The van der Waals surface area contributed by atoms with Gasteiger partial charge in [-0.1, -0.05) is 0 Å². The van der Waals surface area contributed by atoms with Gasteiger partial charge in [-0.25, -0.2) is 0 Å². The minimum atomic E-state index is -4.43. The van der Waals surface area contributed by atoms with Gasteiger partial charge in [0.15, 0.2) is 0 Å². The zero-order chi connectivity index (χ0) is 17.3. The van der Waals surface area contributed by atoms with E-state index in [0.29, 0.717) is 25.4 Å². The summed E-state index contributed by atoms with van der Waals surface area (Å²) in [5.41, 5.74) is 0.186. The third kappa shape index (κ3) is 3.51. The molecule has 2 fully saturated rings. The molecule has 2 atom stereocenters. The van der Waals surface area contributed by atoms with Crippen LogP contribution in [0, 0.1) is 0 Å². The Labute approximate surface area is 137 Å². The number of halogens is 3. The molecule has 6 nitrogen and oxygen atoms in total. The van der Waals surface area contributed by atoms with Gasteiger partial charge in [-0.15, -0.1) is 0 Å². The van der Waals surface area contributed by atoms with Crippen molar-refractivity contribution in [2.75, 3.05) is 49.3 Å². The number of nitrogens with zero attached hydrogens (tertiary/aromatic N) is 2. The van der Waals surface area contributed by atoms with Crippen LogP contribution in [0.15, 0.2) is 16.9 Å². The number of hydrogen-bond donors (Lipinski definition) is 1. The average molecular weight is 347 g/mol. The molecule has 2 saturated heterocycles. The van der Waals surface area contributed by atoms with Crippen LogP contribution in [0.3, 0.4) is 0 Å². The highest BCUT2D eigenvalue weighted by Gasteiger charge is 2.45. The van der Waals surface area contributed by atoms with E-state index >= 15 is 0 Å². The van der Waals surface area contributed by atoms with Crippen molar-refractivity contribution in [1.82, 2.24) is 4.98 Å². The minimum absolute atomic E-state index is 0.0523. The Morgan fingerprint density at radius 3 is 2.46 bits per heavy atom. The Morgan fingerprint density at radius 2 is 1.79 bits per heavy atom. The fourth-order valence-electron chi connectivity index (χ4n) is 3.11. The number of morpholine rings is 2. The number of hydrogen-bond acceptors (Lipinski definition) is 5. The second-order valence-electron chi connectivity index (χ2n) is 6.03. The summed E-state index contributed by atoms with van der Waals surface area (Å²) in [4.78, 5) is 17.7. The summed E-state index contributed by atoms with van der Waals surface area (Å²) < 4.78 is 50.1. The molecule has 0 amide bonds. The molecule has 2 aliphatic heterocycles. The smallest absolute Gasteiger partial charge is 0.377 e. The Bertz CT molecular complexity index is 634. The lowest BCUT2D eigenvalue weighted by molar-refractivity contribution is -0.167. The molecule has 0 bridgehead atoms. The van der Waals surface area contributed by atoms with E-state index in [4.69, 9.17) is 9.47 Å². The maximum atomic E-state index is 13.3. The molecule has 0 saturated carbocycles. The van der Waals surface area contributed by atoms with Crippen LogP contribution in [0.1, 0.15) is 6.92 Å². The molecule has 134 valence electrons. The monoisotopic (exact) mass is 347 g/mol. The van der Waals surface area contributed by atoms with E-state index in [2.05, 4.69) is 4.98 Å². The first kappa shape index (κ1) is 17.1. The Balaban J connectivity index is 1.94. The van der Waals surface area contributed by atoms with Gasteiger partial charge in [0.2, 0.25) is 0 Å². The molecule has 0 aromatic carbocycles. The second kappa shape index (κ2) is 6.64. The first-order chi connectivity index (χ1) is 11.4. The molecule has 3 heterocycles. The summed E-state index contributed by atoms with van der Waals surface area (Å²) in [6, 6.07) is 1.30. The number of aromatic nitrogens is 1.